The van der Waals surface area contributed by atoms with Gasteiger partial charge in [0, 0.05) is 13.1 Å². The van der Waals surface area contributed by atoms with Crippen LogP contribution in [0.1, 0.15) is 17.2 Å². The summed E-state index contributed by atoms with van der Waals surface area (Å²) in [5.74, 6) is -1.09. The normalized spacial score (nSPS) is 19.5. The predicted octanol–water partition coefficient (Wildman–Crippen LogP) is 2.43. The van der Waals surface area contributed by atoms with Gasteiger partial charge in [0.1, 0.15) is 11.6 Å². The number of carbonyl (C=O) groups excluding carboxylic acids is 1. The molecule has 0 saturated carbocycles. The highest BCUT2D eigenvalue weighted by Crippen LogP contribution is 2.25. The zero-order chi connectivity index (χ0) is 17.8. The molecule has 0 aliphatic carbocycles. The SMILES string of the molecule is NC(=O)[C@@H](Cc1ccc(F)cc1)N1CCO[C@@H](c2cccc(F)c2)C1. The van der Waals surface area contributed by atoms with Crippen LogP contribution >= 0.6 is 0 Å². The van der Waals surface area contributed by atoms with Crippen LogP contribution in [-0.4, -0.2) is 36.5 Å². The second kappa shape index (κ2) is 7.72. The molecule has 0 radical (unpaired) electrons. The molecule has 4 nitrogen and oxygen atoms in total. The molecule has 1 fully saturated rings. The summed E-state index contributed by atoms with van der Waals surface area (Å²) in [5.41, 5.74) is 7.16. The van der Waals surface area contributed by atoms with E-state index in [1.807, 2.05) is 4.90 Å². The Morgan fingerprint density at radius 1 is 1.20 bits per heavy atom. The van der Waals surface area contributed by atoms with Gasteiger partial charge < -0.3 is 10.5 Å². The third kappa shape index (κ3) is 4.41. The lowest BCUT2D eigenvalue weighted by molar-refractivity contribution is -0.127. The van der Waals surface area contributed by atoms with Crippen molar-refractivity contribution in [2.24, 2.45) is 5.73 Å². The van der Waals surface area contributed by atoms with Crippen LogP contribution in [0.2, 0.25) is 0 Å². The molecule has 132 valence electrons. The lowest BCUT2D eigenvalue weighted by Gasteiger charge is -2.37. The summed E-state index contributed by atoms with van der Waals surface area (Å²) in [7, 11) is 0. The fraction of sp³-hybridized carbons (Fsp3) is 0.316. The molecular formula is C19H20F2N2O2. The van der Waals surface area contributed by atoms with E-state index in [0.29, 0.717) is 26.1 Å². The number of nitrogens with zero attached hydrogens (tertiary/aromatic N) is 1. The molecule has 0 aromatic heterocycles. The number of halogens is 2. The molecule has 25 heavy (non-hydrogen) atoms. The second-order valence-electron chi connectivity index (χ2n) is 6.16. The highest BCUT2D eigenvalue weighted by molar-refractivity contribution is 5.80. The Morgan fingerprint density at radius 2 is 1.96 bits per heavy atom. The van der Waals surface area contributed by atoms with Gasteiger partial charge in [-0.2, -0.15) is 0 Å². The molecule has 0 spiro atoms. The minimum atomic E-state index is -0.523. The van der Waals surface area contributed by atoms with Crippen LogP contribution in [0.15, 0.2) is 48.5 Å². The van der Waals surface area contributed by atoms with Crippen LogP contribution in [0.3, 0.4) is 0 Å². The summed E-state index contributed by atoms with van der Waals surface area (Å²) >= 11 is 0. The van der Waals surface area contributed by atoms with Crippen molar-refractivity contribution in [1.29, 1.82) is 0 Å². The minimum absolute atomic E-state index is 0.320. The van der Waals surface area contributed by atoms with Gasteiger partial charge in [-0.1, -0.05) is 24.3 Å². The van der Waals surface area contributed by atoms with E-state index in [0.717, 1.165) is 11.1 Å². The number of hydrogen-bond donors (Lipinski definition) is 1. The van der Waals surface area contributed by atoms with Crippen LogP contribution in [0.4, 0.5) is 8.78 Å². The number of amides is 1. The number of morpholine rings is 1. The first-order valence-electron chi connectivity index (χ1n) is 8.18. The molecular weight excluding hydrogens is 326 g/mol. The largest absolute Gasteiger partial charge is 0.371 e. The summed E-state index contributed by atoms with van der Waals surface area (Å²) in [6.45, 7) is 1.42. The van der Waals surface area contributed by atoms with E-state index in [4.69, 9.17) is 10.5 Å². The smallest absolute Gasteiger partial charge is 0.235 e. The van der Waals surface area contributed by atoms with Gasteiger partial charge in [0.2, 0.25) is 5.91 Å². The van der Waals surface area contributed by atoms with E-state index in [1.165, 1.54) is 24.3 Å². The second-order valence-corrected chi connectivity index (χ2v) is 6.16. The molecule has 2 atom stereocenters. The average Bonchev–Trinajstić information content (AvgIpc) is 2.61. The topological polar surface area (TPSA) is 55.6 Å². The van der Waals surface area contributed by atoms with Crippen molar-refractivity contribution in [3.8, 4) is 0 Å². The Labute approximate surface area is 145 Å². The standard InChI is InChI=1S/C19H20F2N2O2/c20-15-6-4-13(5-7-15)10-17(19(22)24)23-8-9-25-18(12-23)14-2-1-3-16(21)11-14/h1-7,11,17-18H,8-10,12H2,(H2,22,24)/t17-,18-/m1/s1. The molecule has 2 aromatic carbocycles. The molecule has 1 heterocycles. The molecule has 6 heteroatoms. The van der Waals surface area contributed by atoms with Crippen molar-refractivity contribution >= 4 is 5.91 Å². The highest BCUT2D eigenvalue weighted by atomic mass is 19.1. The molecule has 3 rings (SSSR count). The quantitative estimate of drug-likeness (QED) is 0.905. The van der Waals surface area contributed by atoms with Crippen LogP contribution in [-0.2, 0) is 16.0 Å². The number of rotatable bonds is 5. The Kier molecular flexibility index (Phi) is 5.40. The van der Waals surface area contributed by atoms with Crippen LogP contribution in [0, 0.1) is 11.6 Å². The predicted molar refractivity (Wildman–Crippen MR) is 89.8 cm³/mol. The number of carbonyl (C=O) groups is 1. The van der Waals surface area contributed by atoms with E-state index in [-0.39, 0.29) is 17.7 Å². The van der Waals surface area contributed by atoms with E-state index >= 15 is 0 Å². The van der Waals surface area contributed by atoms with Gasteiger partial charge >= 0.3 is 0 Å². The number of ether oxygens (including phenoxy) is 1. The lowest BCUT2D eigenvalue weighted by Crippen LogP contribution is -2.51. The zero-order valence-electron chi connectivity index (χ0n) is 13.7. The third-order valence-electron chi connectivity index (χ3n) is 4.43. The summed E-state index contributed by atoms with van der Waals surface area (Å²) in [6, 6.07) is 11.8. The molecule has 2 N–H and O–H groups in total. The fourth-order valence-electron chi connectivity index (χ4n) is 3.11. The number of benzene rings is 2. The van der Waals surface area contributed by atoms with Crippen molar-refractivity contribution in [3.05, 3.63) is 71.3 Å². The van der Waals surface area contributed by atoms with Crippen LogP contribution in [0.25, 0.3) is 0 Å². The zero-order valence-corrected chi connectivity index (χ0v) is 13.7. The Hall–Kier alpha value is -2.31. The van der Waals surface area contributed by atoms with E-state index in [1.54, 1.807) is 24.3 Å². The maximum atomic E-state index is 13.5. The molecule has 1 amide bonds. The highest BCUT2D eigenvalue weighted by Gasteiger charge is 2.30. The van der Waals surface area contributed by atoms with Gasteiger partial charge in [-0.25, -0.2) is 8.78 Å². The van der Waals surface area contributed by atoms with Crippen molar-refractivity contribution in [2.45, 2.75) is 18.6 Å². The molecule has 1 saturated heterocycles. The summed E-state index contributed by atoms with van der Waals surface area (Å²) in [5, 5.41) is 0. The Morgan fingerprint density at radius 3 is 2.64 bits per heavy atom. The van der Waals surface area contributed by atoms with Crippen molar-refractivity contribution < 1.29 is 18.3 Å². The Balaban J connectivity index is 1.74. The van der Waals surface area contributed by atoms with Gasteiger partial charge in [-0.05, 0) is 41.8 Å². The molecule has 2 aromatic rings. The Bertz CT molecular complexity index is 736. The van der Waals surface area contributed by atoms with Crippen molar-refractivity contribution in [3.63, 3.8) is 0 Å². The minimum Gasteiger partial charge on any atom is -0.371 e. The molecule has 0 unspecified atom stereocenters. The fourth-order valence-corrected chi connectivity index (χ4v) is 3.11. The van der Waals surface area contributed by atoms with Crippen molar-refractivity contribution in [2.75, 3.05) is 19.7 Å². The number of hydrogen-bond acceptors (Lipinski definition) is 3. The summed E-state index contributed by atoms with van der Waals surface area (Å²) in [4.78, 5) is 13.9. The van der Waals surface area contributed by atoms with Gasteiger partial charge in [0.15, 0.2) is 0 Å². The van der Waals surface area contributed by atoms with Crippen LogP contribution in [0.5, 0.6) is 0 Å². The van der Waals surface area contributed by atoms with E-state index in [2.05, 4.69) is 0 Å². The monoisotopic (exact) mass is 346 g/mol. The maximum Gasteiger partial charge on any atom is 0.235 e. The third-order valence-corrected chi connectivity index (χ3v) is 4.43. The first kappa shape index (κ1) is 17.5. The van der Waals surface area contributed by atoms with Gasteiger partial charge in [0.05, 0.1) is 18.8 Å². The van der Waals surface area contributed by atoms with Crippen LogP contribution < -0.4 is 5.73 Å². The van der Waals surface area contributed by atoms with E-state index in [9.17, 15) is 13.6 Å². The summed E-state index contributed by atoms with van der Waals surface area (Å²) < 4.78 is 32.2. The first-order valence-corrected chi connectivity index (χ1v) is 8.18. The number of nitrogens with two attached hydrogens (primary N) is 1. The lowest BCUT2D eigenvalue weighted by atomic mass is 10.0. The molecule has 1 aliphatic rings. The summed E-state index contributed by atoms with van der Waals surface area (Å²) in [6.07, 6.45) is 0.0744. The average molecular weight is 346 g/mol. The van der Waals surface area contributed by atoms with Gasteiger partial charge in [-0.15, -0.1) is 0 Å². The van der Waals surface area contributed by atoms with E-state index < -0.39 is 11.9 Å². The first-order chi connectivity index (χ1) is 12.0. The molecule has 1 aliphatic heterocycles. The molecule has 0 bridgehead atoms. The van der Waals surface area contributed by atoms with Gasteiger partial charge in [-0.3, -0.25) is 9.69 Å². The number of primary amides is 1. The maximum absolute atomic E-state index is 13.5. The van der Waals surface area contributed by atoms with Gasteiger partial charge in [0.25, 0.3) is 0 Å². The van der Waals surface area contributed by atoms with Crippen molar-refractivity contribution in [1.82, 2.24) is 4.90 Å².